The maximum absolute atomic E-state index is 10.2. The number of hydrogen-bond donors (Lipinski definition) is 2. The molecule has 13 heavy (non-hydrogen) atoms. The van der Waals surface area contributed by atoms with Gasteiger partial charge in [-0.15, -0.1) is 0 Å². The molecule has 0 bridgehead atoms. The van der Waals surface area contributed by atoms with Gasteiger partial charge < -0.3 is 20.9 Å². The lowest BCUT2D eigenvalue weighted by Crippen LogP contribution is -2.24. The largest absolute Gasteiger partial charge is 0.449 e. The zero-order valence-corrected chi connectivity index (χ0v) is 7.49. The molecule has 76 valence electrons. The quantitative estimate of drug-likeness (QED) is 0.646. The predicted molar refractivity (Wildman–Crippen MR) is 44.9 cm³/mol. The smallest absolute Gasteiger partial charge is 0.404 e. The minimum atomic E-state index is -0.836. The molecule has 0 radical (unpaired) electrons. The first kappa shape index (κ1) is 11.5. The highest BCUT2D eigenvalue weighted by Gasteiger charge is 2.10. The van der Waals surface area contributed by atoms with Crippen molar-refractivity contribution in [2.45, 2.75) is 13.3 Å². The molecule has 0 saturated heterocycles. The molecule has 6 heteroatoms. The van der Waals surface area contributed by atoms with Crippen LogP contribution in [-0.4, -0.2) is 25.4 Å². The van der Waals surface area contributed by atoms with Gasteiger partial charge in [-0.1, -0.05) is 6.92 Å². The second-order valence-electron chi connectivity index (χ2n) is 2.53. The van der Waals surface area contributed by atoms with Crippen molar-refractivity contribution in [3.05, 3.63) is 0 Å². The van der Waals surface area contributed by atoms with E-state index in [1.807, 2.05) is 6.92 Å². The monoisotopic (exact) mass is 190 g/mol. The van der Waals surface area contributed by atoms with Crippen LogP contribution in [0.5, 0.6) is 0 Å². The summed E-state index contributed by atoms with van der Waals surface area (Å²) in [6.45, 7) is 2.15. The van der Waals surface area contributed by atoms with E-state index in [1.54, 1.807) is 0 Å². The van der Waals surface area contributed by atoms with Crippen molar-refractivity contribution in [1.82, 2.24) is 0 Å². The van der Waals surface area contributed by atoms with Crippen LogP contribution < -0.4 is 11.5 Å². The van der Waals surface area contributed by atoms with Crippen LogP contribution in [0.1, 0.15) is 13.3 Å². The number of carbonyl (C=O) groups is 2. The molecule has 0 aliphatic heterocycles. The number of primary amides is 2. The molecule has 0 aromatic carbocycles. The van der Waals surface area contributed by atoms with Crippen LogP contribution in [0.25, 0.3) is 0 Å². The normalized spacial score (nSPS) is 9.69. The summed E-state index contributed by atoms with van der Waals surface area (Å²) in [7, 11) is 0. The Morgan fingerprint density at radius 3 is 1.77 bits per heavy atom. The Morgan fingerprint density at radius 2 is 1.54 bits per heavy atom. The van der Waals surface area contributed by atoms with Crippen LogP contribution in [0.15, 0.2) is 0 Å². The molecule has 0 unspecified atom stereocenters. The van der Waals surface area contributed by atoms with E-state index in [9.17, 15) is 9.59 Å². The van der Waals surface area contributed by atoms with Crippen molar-refractivity contribution in [2.24, 2.45) is 17.4 Å². The maximum Gasteiger partial charge on any atom is 0.404 e. The number of nitrogens with two attached hydrogens (primary N) is 2. The Hall–Kier alpha value is -1.46. The molecule has 0 heterocycles. The van der Waals surface area contributed by atoms with E-state index >= 15 is 0 Å². The zero-order chi connectivity index (χ0) is 10.3. The average molecular weight is 190 g/mol. The van der Waals surface area contributed by atoms with Crippen molar-refractivity contribution in [2.75, 3.05) is 13.2 Å². The third kappa shape index (κ3) is 6.92. The summed E-state index contributed by atoms with van der Waals surface area (Å²) in [5.41, 5.74) is 9.52. The van der Waals surface area contributed by atoms with Gasteiger partial charge in [0.1, 0.15) is 0 Å². The molecule has 0 fully saturated rings. The van der Waals surface area contributed by atoms with Crippen LogP contribution in [-0.2, 0) is 9.47 Å². The second kappa shape index (κ2) is 6.10. The standard InChI is InChI=1S/C7H14N2O4/c1-2-5(3-12-6(8)10)4-13-7(9)11/h5H,2-4H2,1H3,(H2,8,10)(H2,9,11). The van der Waals surface area contributed by atoms with E-state index in [2.05, 4.69) is 9.47 Å². The number of rotatable bonds is 5. The van der Waals surface area contributed by atoms with Crippen molar-refractivity contribution < 1.29 is 19.1 Å². The van der Waals surface area contributed by atoms with Crippen LogP contribution >= 0.6 is 0 Å². The summed E-state index contributed by atoms with van der Waals surface area (Å²) in [4.78, 5) is 20.5. The minimum Gasteiger partial charge on any atom is -0.449 e. The average Bonchev–Trinajstić information content (AvgIpc) is 2.04. The first-order chi connectivity index (χ1) is 6.06. The third-order valence-corrected chi connectivity index (χ3v) is 1.50. The summed E-state index contributed by atoms with van der Waals surface area (Å²) < 4.78 is 9.07. The zero-order valence-electron chi connectivity index (χ0n) is 7.49. The highest BCUT2D eigenvalue weighted by molar-refractivity contribution is 5.65. The molecule has 0 spiro atoms. The first-order valence-corrected chi connectivity index (χ1v) is 3.90. The lowest BCUT2D eigenvalue weighted by Gasteiger charge is -2.13. The maximum atomic E-state index is 10.2. The highest BCUT2D eigenvalue weighted by Crippen LogP contribution is 2.03. The molecule has 0 atom stereocenters. The molecular weight excluding hydrogens is 176 g/mol. The molecule has 2 amide bonds. The van der Waals surface area contributed by atoms with Crippen LogP contribution in [0, 0.1) is 5.92 Å². The molecule has 0 saturated carbocycles. The van der Waals surface area contributed by atoms with E-state index in [1.165, 1.54) is 0 Å². The Labute approximate surface area is 76.2 Å². The third-order valence-electron chi connectivity index (χ3n) is 1.50. The summed E-state index contributed by atoms with van der Waals surface area (Å²) in [5.74, 6) is -0.0556. The summed E-state index contributed by atoms with van der Waals surface area (Å²) in [6.07, 6.45) is -0.962. The highest BCUT2D eigenvalue weighted by atomic mass is 16.6. The predicted octanol–water partition coefficient (Wildman–Crippen LogP) is 0.203. The van der Waals surface area contributed by atoms with Crippen molar-refractivity contribution in [3.8, 4) is 0 Å². The SMILES string of the molecule is CCC(COC(N)=O)COC(N)=O. The molecular formula is C7H14N2O4. The molecule has 0 aliphatic rings. The number of amides is 2. The van der Waals surface area contributed by atoms with Gasteiger partial charge >= 0.3 is 12.2 Å². The summed E-state index contributed by atoms with van der Waals surface area (Å²) in [5, 5.41) is 0. The fourth-order valence-electron chi connectivity index (χ4n) is 0.684. The minimum absolute atomic E-state index is 0.0556. The second-order valence-corrected chi connectivity index (χ2v) is 2.53. The lowest BCUT2D eigenvalue weighted by molar-refractivity contribution is 0.0925. The molecule has 0 aromatic rings. The van der Waals surface area contributed by atoms with E-state index < -0.39 is 12.2 Å². The Bertz CT molecular complexity index is 165. The van der Waals surface area contributed by atoms with E-state index in [0.29, 0.717) is 6.42 Å². The Kier molecular flexibility index (Phi) is 5.42. The van der Waals surface area contributed by atoms with Crippen LogP contribution in [0.2, 0.25) is 0 Å². The van der Waals surface area contributed by atoms with Gasteiger partial charge in [0.05, 0.1) is 13.2 Å². The molecule has 0 aromatic heterocycles. The first-order valence-electron chi connectivity index (χ1n) is 3.90. The van der Waals surface area contributed by atoms with Gasteiger partial charge in [0.25, 0.3) is 0 Å². The van der Waals surface area contributed by atoms with Crippen LogP contribution in [0.4, 0.5) is 9.59 Å². The number of ether oxygens (including phenoxy) is 2. The van der Waals surface area contributed by atoms with Crippen molar-refractivity contribution in [1.29, 1.82) is 0 Å². The Balaban J connectivity index is 3.63. The van der Waals surface area contributed by atoms with E-state index in [0.717, 1.165) is 0 Å². The van der Waals surface area contributed by atoms with Crippen LogP contribution in [0.3, 0.4) is 0 Å². The van der Waals surface area contributed by atoms with Gasteiger partial charge in [-0.05, 0) is 6.42 Å². The van der Waals surface area contributed by atoms with Crippen molar-refractivity contribution in [3.63, 3.8) is 0 Å². The summed E-state index contributed by atoms with van der Waals surface area (Å²) >= 11 is 0. The molecule has 6 nitrogen and oxygen atoms in total. The van der Waals surface area contributed by atoms with Gasteiger partial charge in [-0.2, -0.15) is 0 Å². The van der Waals surface area contributed by atoms with Gasteiger partial charge in [0.2, 0.25) is 0 Å². The fraction of sp³-hybridized carbons (Fsp3) is 0.714. The van der Waals surface area contributed by atoms with Gasteiger partial charge in [0.15, 0.2) is 0 Å². The van der Waals surface area contributed by atoms with Gasteiger partial charge in [0, 0.05) is 5.92 Å². The topological polar surface area (TPSA) is 105 Å². The van der Waals surface area contributed by atoms with E-state index in [-0.39, 0.29) is 19.1 Å². The van der Waals surface area contributed by atoms with Gasteiger partial charge in [-0.3, -0.25) is 0 Å². The molecule has 4 N–H and O–H groups in total. The fourth-order valence-corrected chi connectivity index (χ4v) is 0.684. The van der Waals surface area contributed by atoms with E-state index in [4.69, 9.17) is 11.5 Å². The lowest BCUT2D eigenvalue weighted by atomic mass is 10.1. The van der Waals surface area contributed by atoms with Gasteiger partial charge in [-0.25, -0.2) is 9.59 Å². The Morgan fingerprint density at radius 1 is 1.15 bits per heavy atom. The number of carbonyl (C=O) groups excluding carboxylic acids is 2. The van der Waals surface area contributed by atoms with Crippen molar-refractivity contribution >= 4 is 12.2 Å². The molecule has 0 aliphatic carbocycles. The number of hydrogen-bond acceptors (Lipinski definition) is 4. The molecule has 0 rings (SSSR count). The summed E-state index contributed by atoms with van der Waals surface area (Å²) in [6, 6.07) is 0.